The summed E-state index contributed by atoms with van der Waals surface area (Å²) in [6, 6.07) is 5.69. The smallest absolute Gasteiger partial charge is 0.406 e. The SMILES string of the molecule is CC1(Cc2ccc(OC(F)(F)F)cc2)CCCN1C(=O)c1nccnc1N. The average Bonchev–Trinajstić information content (AvgIpc) is 2.96. The molecular weight excluding hydrogens is 361 g/mol. The van der Waals surface area contributed by atoms with Gasteiger partial charge in [-0.1, -0.05) is 12.1 Å². The van der Waals surface area contributed by atoms with Crippen LogP contribution in [0.3, 0.4) is 0 Å². The number of amides is 1. The second kappa shape index (κ2) is 7.05. The van der Waals surface area contributed by atoms with Crippen LogP contribution >= 0.6 is 0 Å². The van der Waals surface area contributed by atoms with E-state index in [1.807, 2.05) is 6.92 Å². The van der Waals surface area contributed by atoms with Gasteiger partial charge in [0.25, 0.3) is 5.91 Å². The van der Waals surface area contributed by atoms with Crippen LogP contribution in [0.25, 0.3) is 0 Å². The molecule has 1 unspecified atom stereocenters. The molecule has 2 heterocycles. The molecular formula is C18H19F3N4O2. The van der Waals surface area contributed by atoms with Gasteiger partial charge in [-0.3, -0.25) is 4.79 Å². The third kappa shape index (κ3) is 4.29. The fourth-order valence-corrected chi connectivity index (χ4v) is 3.44. The lowest BCUT2D eigenvalue weighted by Gasteiger charge is -2.35. The zero-order chi connectivity index (χ0) is 19.7. The van der Waals surface area contributed by atoms with E-state index in [0.29, 0.717) is 13.0 Å². The van der Waals surface area contributed by atoms with Crippen LogP contribution in [0.5, 0.6) is 5.75 Å². The highest BCUT2D eigenvalue weighted by atomic mass is 19.4. The molecule has 0 spiro atoms. The van der Waals surface area contributed by atoms with E-state index in [9.17, 15) is 18.0 Å². The highest BCUT2D eigenvalue weighted by Crippen LogP contribution is 2.34. The van der Waals surface area contributed by atoms with Crippen molar-refractivity contribution in [3.8, 4) is 5.75 Å². The second-order valence-corrected chi connectivity index (χ2v) is 6.72. The standard InChI is InChI=1S/C18H19F3N4O2/c1-17(11-12-3-5-13(6-4-12)27-18(19,20)21)7-2-10-25(17)16(26)14-15(22)24-9-8-23-14/h3-6,8-9H,2,7,10-11H2,1H3,(H2,22,24). The lowest BCUT2D eigenvalue weighted by Crippen LogP contribution is -2.47. The minimum Gasteiger partial charge on any atom is -0.406 e. The third-order valence-electron chi connectivity index (χ3n) is 4.66. The summed E-state index contributed by atoms with van der Waals surface area (Å²) >= 11 is 0. The molecule has 1 aromatic heterocycles. The molecule has 144 valence electrons. The molecule has 1 aliphatic heterocycles. The van der Waals surface area contributed by atoms with Gasteiger partial charge in [-0.15, -0.1) is 13.2 Å². The van der Waals surface area contributed by atoms with Crippen LogP contribution in [0.2, 0.25) is 0 Å². The van der Waals surface area contributed by atoms with Crippen molar-refractivity contribution in [2.75, 3.05) is 12.3 Å². The van der Waals surface area contributed by atoms with E-state index < -0.39 is 11.9 Å². The van der Waals surface area contributed by atoms with Crippen molar-refractivity contribution in [2.24, 2.45) is 0 Å². The number of rotatable bonds is 4. The minimum atomic E-state index is -4.72. The van der Waals surface area contributed by atoms with Gasteiger partial charge in [0.15, 0.2) is 11.5 Å². The Labute approximate surface area is 154 Å². The van der Waals surface area contributed by atoms with E-state index >= 15 is 0 Å². The Morgan fingerprint density at radius 2 is 1.93 bits per heavy atom. The van der Waals surface area contributed by atoms with Crippen LogP contribution in [0.15, 0.2) is 36.7 Å². The van der Waals surface area contributed by atoms with Gasteiger partial charge in [0.05, 0.1) is 0 Å². The Morgan fingerprint density at radius 3 is 2.56 bits per heavy atom. The average molecular weight is 380 g/mol. The number of carbonyl (C=O) groups is 1. The number of nitrogens with two attached hydrogens (primary N) is 1. The number of nitrogen functional groups attached to an aromatic ring is 1. The summed E-state index contributed by atoms with van der Waals surface area (Å²) in [7, 11) is 0. The Bertz CT molecular complexity index is 826. The van der Waals surface area contributed by atoms with E-state index in [4.69, 9.17) is 5.73 Å². The molecule has 0 bridgehead atoms. The quantitative estimate of drug-likeness (QED) is 0.881. The molecule has 1 aliphatic rings. The van der Waals surface area contributed by atoms with Crippen LogP contribution in [0.4, 0.5) is 19.0 Å². The van der Waals surface area contributed by atoms with E-state index in [-0.39, 0.29) is 23.2 Å². The fraction of sp³-hybridized carbons (Fsp3) is 0.389. The topological polar surface area (TPSA) is 81.3 Å². The van der Waals surface area contributed by atoms with Gasteiger partial charge in [-0.2, -0.15) is 0 Å². The molecule has 2 N–H and O–H groups in total. The molecule has 2 aromatic rings. The van der Waals surface area contributed by atoms with Gasteiger partial charge in [0.1, 0.15) is 5.75 Å². The maximum atomic E-state index is 12.9. The maximum Gasteiger partial charge on any atom is 0.573 e. The van der Waals surface area contributed by atoms with Gasteiger partial charge >= 0.3 is 6.36 Å². The summed E-state index contributed by atoms with van der Waals surface area (Å²) in [4.78, 5) is 22.5. The van der Waals surface area contributed by atoms with Crippen molar-refractivity contribution in [3.63, 3.8) is 0 Å². The van der Waals surface area contributed by atoms with Crippen LogP contribution < -0.4 is 10.5 Å². The lowest BCUT2D eigenvalue weighted by atomic mass is 9.90. The molecule has 0 radical (unpaired) electrons. The first kappa shape index (κ1) is 18.9. The Balaban J connectivity index is 1.77. The van der Waals surface area contributed by atoms with E-state index in [2.05, 4.69) is 14.7 Å². The van der Waals surface area contributed by atoms with Crippen LogP contribution in [-0.2, 0) is 6.42 Å². The number of ether oxygens (including phenoxy) is 1. The first-order valence-electron chi connectivity index (χ1n) is 8.41. The summed E-state index contributed by atoms with van der Waals surface area (Å²) < 4.78 is 40.7. The van der Waals surface area contributed by atoms with Crippen molar-refractivity contribution in [1.82, 2.24) is 14.9 Å². The summed E-state index contributed by atoms with van der Waals surface area (Å²) in [6.07, 6.45) is 0.178. The van der Waals surface area contributed by atoms with Crippen LogP contribution in [0.1, 0.15) is 35.8 Å². The van der Waals surface area contributed by atoms with Crippen molar-refractivity contribution in [3.05, 3.63) is 47.9 Å². The molecule has 0 aliphatic carbocycles. The number of aromatic nitrogens is 2. The monoisotopic (exact) mass is 380 g/mol. The molecule has 6 nitrogen and oxygen atoms in total. The fourth-order valence-electron chi connectivity index (χ4n) is 3.44. The van der Waals surface area contributed by atoms with Crippen molar-refractivity contribution < 1.29 is 22.7 Å². The predicted octanol–water partition coefficient (Wildman–Crippen LogP) is 3.19. The van der Waals surface area contributed by atoms with Gasteiger partial charge in [-0.25, -0.2) is 9.97 Å². The number of benzene rings is 1. The van der Waals surface area contributed by atoms with Gasteiger partial charge < -0.3 is 15.4 Å². The highest BCUT2D eigenvalue weighted by Gasteiger charge is 2.41. The molecule has 1 fully saturated rings. The van der Waals surface area contributed by atoms with Crippen LogP contribution in [0, 0.1) is 0 Å². The molecule has 1 aromatic carbocycles. The summed E-state index contributed by atoms with van der Waals surface area (Å²) in [5.41, 5.74) is 6.19. The van der Waals surface area contributed by atoms with Crippen LogP contribution in [-0.4, -0.2) is 39.2 Å². The number of nitrogens with zero attached hydrogens (tertiary/aromatic N) is 3. The Hall–Kier alpha value is -2.84. The van der Waals surface area contributed by atoms with E-state index in [1.54, 1.807) is 17.0 Å². The van der Waals surface area contributed by atoms with Gasteiger partial charge in [0.2, 0.25) is 0 Å². The molecule has 9 heteroatoms. The number of halogens is 3. The number of hydrogen-bond donors (Lipinski definition) is 1. The van der Waals surface area contributed by atoms with Crippen molar-refractivity contribution in [2.45, 2.75) is 38.1 Å². The summed E-state index contributed by atoms with van der Waals surface area (Å²) in [6.45, 7) is 2.51. The molecule has 27 heavy (non-hydrogen) atoms. The van der Waals surface area contributed by atoms with Crippen molar-refractivity contribution >= 4 is 11.7 Å². The summed E-state index contributed by atoms with van der Waals surface area (Å²) in [5.74, 6) is -0.494. The summed E-state index contributed by atoms with van der Waals surface area (Å²) in [5, 5.41) is 0. The molecule has 0 saturated carbocycles. The molecule has 3 rings (SSSR count). The minimum absolute atomic E-state index is 0.0744. The second-order valence-electron chi connectivity index (χ2n) is 6.72. The number of likely N-dealkylation sites (tertiary alicyclic amines) is 1. The lowest BCUT2D eigenvalue weighted by molar-refractivity contribution is -0.274. The van der Waals surface area contributed by atoms with Gasteiger partial charge in [0, 0.05) is 24.5 Å². The zero-order valence-electron chi connectivity index (χ0n) is 14.7. The largest absolute Gasteiger partial charge is 0.573 e. The normalized spacial score (nSPS) is 19.9. The number of carbonyl (C=O) groups excluding carboxylic acids is 1. The Kier molecular flexibility index (Phi) is 4.95. The number of anilines is 1. The first-order valence-corrected chi connectivity index (χ1v) is 8.41. The van der Waals surface area contributed by atoms with Crippen molar-refractivity contribution in [1.29, 1.82) is 0 Å². The Morgan fingerprint density at radius 1 is 1.26 bits per heavy atom. The number of alkyl halides is 3. The number of hydrogen-bond acceptors (Lipinski definition) is 5. The maximum absolute atomic E-state index is 12.9. The third-order valence-corrected chi connectivity index (χ3v) is 4.66. The van der Waals surface area contributed by atoms with Gasteiger partial charge in [-0.05, 0) is 43.9 Å². The predicted molar refractivity (Wildman–Crippen MR) is 91.9 cm³/mol. The first-order chi connectivity index (χ1) is 12.7. The molecule has 1 atom stereocenters. The molecule has 1 saturated heterocycles. The molecule has 1 amide bonds. The van der Waals surface area contributed by atoms with E-state index in [0.717, 1.165) is 18.4 Å². The van der Waals surface area contributed by atoms with E-state index in [1.165, 1.54) is 24.5 Å². The highest BCUT2D eigenvalue weighted by molar-refractivity contribution is 5.96. The zero-order valence-corrected chi connectivity index (χ0v) is 14.7.